The van der Waals surface area contributed by atoms with Crippen LogP contribution in [0.2, 0.25) is 0 Å². The van der Waals surface area contributed by atoms with Crippen molar-refractivity contribution in [3.63, 3.8) is 0 Å². The summed E-state index contributed by atoms with van der Waals surface area (Å²) in [6.45, 7) is 0.516. The summed E-state index contributed by atoms with van der Waals surface area (Å²) in [5.41, 5.74) is 0.856. The largest absolute Gasteiger partial charge is 0.367 e. The summed E-state index contributed by atoms with van der Waals surface area (Å²) in [5.74, 6) is -0.127. The van der Waals surface area contributed by atoms with E-state index in [1.807, 2.05) is 41.8 Å². The number of carbonyl (C=O) groups excluding carboxylic acids is 1. The van der Waals surface area contributed by atoms with Gasteiger partial charge in [-0.05, 0) is 27.6 Å². The van der Waals surface area contributed by atoms with E-state index in [0.717, 1.165) is 14.9 Å². The average Bonchev–Trinajstić information content (AvgIpc) is 2.84. The molecule has 0 aliphatic heterocycles. The average molecular weight is 340 g/mol. The SMILES string of the molecule is COC(C(=O)NCc1cc(Br)cs1)c1ccccc1. The highest BCUT2D eigenvalue weighted by molar-refractivity contribution is 9.10. The molecule has 1 aromatic heterocycles. The van der Waals surface area contributed by atoms with Gasteiger partial charge in [-0.25, -0.2) is 0 Å². The molecule has 5 heteroatoms. The number of ether oxygens (including phenoxy) is 1. The van der Waals surface area contributed by atoms with Crippen LogP contribution in [0.4, 0.5) is 0 Å². The van der Waals surface area contributed by atoms with E-state index in [9.17, 15) is 4.79 Å². The van der Waals surface area contributed by atoms with Crippen LogP contribution in [0.15, 0.2) is 46.3 Å². The molecule has 1 aromatic carbocycles. The lowest BCUT2D eigenvalue weighted by molar-refractivity contribution is -0.131. The highest BCUT2D eigenvalue weighted by Gasteiger charge is 2.19. The number of carbonyl (C=O) groups is 1. The van der Waals surface area contributed by atoms with Crippen molar-refractivity contribution in [3.8, 4) is 0 Å². The van der Waals surface area contributed by atoms with E-state index in [1.54, 1.807) is 18.4 Å². The second kappa shape index (κ2) is 6.84. The minimum absolute atomic E-state index is 0.127. The first kappa shape index (κ1) is 14.2. The highest BCUT2D eigenvalue weighted by Crippen LogP contribution is 2.20. The number of thiophene rings is 1. The third-order valence-electron chi connectivity index (χ3n) is 2.63. The van der Waals surface area contributed by atoms with E-state index in [1.165, 1.54) is 0 Å². The van der Waals surface area contributed by atoms with Gasteiger partial charge in [-0.15, -0.1) is 11.3 Å². The molecule has 0 aliphatic rings. The maximum Gasteiger partial charge on any atom is 0.254 e. The minimum Gasteiger partial charge on any atom is -0.367 e. The van der Waals surface area contributed by atoms with Crippen LogP contribution in [0.5, 0.6) is 0 Å². The van der Waals surface area contributed by atoms with Gasteiger partial charge in [-0.1, -0.05) is 30.3 Å². The molecule has 1 N–H and O–H groups in total. The highest BCUT2D eigenvalue weighted by atomic mass is 79.9. The Hall–Kier alpha value is -1.17. The number of halogens is 1. The number of hydrogen-bond acceptors (Lipinski definition) is 3. The third kappa shape index (κ3) is 3.89. The van der Waals surface area contributed by atoms with Crippen LogP contribution in [-0.2, 0) is 16.1 Å². The summed E-state index contributed by atoms with van der Waals surface area (Å²) < 4.78 is 6.31. The fourth-order valence-electron chi connectivity index (χ4n) is 1.74. The standard InChI is InChI=1S/C14H14BrNO2S/c1-18-13(10-5-3-2-4-6-10)14(17)16-8-12-7-11(15)9-19-12/h2-7,9,13H,8H2,1H3,(H,16,17). The number of rotatable bonds is 5. The van der Waals surface area contributed by atoms with Crippen LogP contribution in [0.25, 0.3) is 0 Å². The van der Waals surface area contributed by atoms with E-state index in [2.05, 4.69) is 21.2 Å². The fourth-order valence-corrected chi connectivity index (χ4v) is 3.13. The summed E-state index contributed by atoms with van der Waals surface area (Å²) in [6, 6.07) is 11.5. The number of methoxy groups -OCH3 is 1. The monoisotopic (exact) mass is 339 g/mol. The Morgan fingerprint density at radius 2 is 2.16 bits per heavy atom. The van der Waals surface area contributed by atoms with E-state index in [0.29, 0.717) is 6.54 Å². The van der Waals surface area contributed by atoms with Crippen molar-refractivity contribution >= 4 is 33.2 Å². The van der Waals surface area contributed by atoms with Crippen LogP contribution >= 0.6 is 27.3 Å². The van der Waals surface area contributed by atoms with Crippen molar-refractivity contribution in [2.75, 3.05) is 7.11 Å². The second-order valence-corrected chi connectivity index (χ2v) is 5.89. The van der Waals surface area contributed by atoms with Gasteiger partial charge in [-0.3, -0.25) is 4.79 Å². The van der Waals surface area contributed by atoms with Crippen molar-refractivity contribution in [2.24, 2.45) is 0 Å². The molecule has 0 spiro atoms. The zero-order chi connectivity index (χ0) is 13.7. The van der Waals surface area contributed by atoms with Crippen molar-refractivity contribution in [1.29, 1.82) is 0 Å². The lowest BCUT2D eigenvalue weighted by Gasteiger charge is -2.15. The van der Waals surface area contributed by atoms with Crippen LogP contribution in [0.1, 0.15) is 16.5 Å². The summed E-state index contributed by atoms with van der Waals surface area (Å²) in [5, 5.41) is 4.88. The summed E-state index contributed by atoms with van der Waals surface area (Å²) in [6.07, 6.45) is -0.565. The molecule has 0 fully saturated rings. The fraction of sp³-hybridized carbons (Fsp3) is 0.214. The molecule has 0 aliphatic carbocycles. The zero-order valence-corrected chi connectivity index (χ0v) is 12.8. The molecule has 19 heavy (non-hydrogen) atoms. The van der Waals surface area contributed by atoms with Crippen molar-refractivity contribution in [3.05, 3.63) is 56.7 Å². The molecule has 100 valence electrons. The Morgan fingerprint density at radius 3 is 2.74 bits per heavy atom. The van der Waals surface area contributed by atoms with Gasteiger partial charge < -0.3 is 10.1 Å². The van der Waals surface area contributed by atoms with Gasteiger partial charge in [0.15, 0.2) is 6.10 Å². The number of amides is 1. The molecule has 1 amide bonds. The van der Waals surface area contributed by atoms with E-state index in [-0.39, 0.29) is 5.91 Å². The molecule has 0 radical (unpaired) electrons. The lowest BCUT2D eigenvalue weighted by atomic mass is 10.1. The summed E-state index contributed by atoms with van der Waals surface area (Å²) in [4.78, 5) is 13.2. The van der Waals surface area contributed by atoms with Gasteiger partial charge in [0.2, 0.25) is 0 Å². The smallest absolute Gasteiger partial charge is 0.254 e. The molecular weight excluding hydrogens is 326 g/mol. The molecule has 2 rings (SSSR count). The van der Waals surface area contributed by atoms with Crippen molar-refractivity contribution in [1.82, 2.24) is 5.32 Å². The molecule has 0 saturated carbocycles. The number of nitrogens with one attached hydrogen (secondary N) is 1. The van der Waals surface area contributed by atoms with Gasteiger partial charge in [0.1, 0.15) is 0 Å². The number of hydrogen-bond donors (Lipinski definition) is 1. The Bertz CT molecular complexity index is 541. The zero-order valence-electron chi connectivity index (χ0n) is 10.4. The number of benzene rings is 1. The predicted octanol–water partition coefficient (Wildman–Crippen LogP) is 3.51. The topological polar surface area (TPSA) is 38.3 Å². The van der Waals surface area contributed by atoms with Crippen molar-refractivity contribution in [2.45, 2.75) is 12.6 Å². The van der Waals surface area contributed by atoms with Crippen LogP contribution in [0.3, 0.4) is 0 Å². The van der Waals surface area contributed by atoms with Gasteiger partial charge in [-0.2, -0.15) is 0 Å². The van der Waals surface area contributed by atoms with Gasteiger partial charge in [0, 0.05) is 21.8 Å². The van der Waals surface area contributed by atoms with E-state index >= 15 is 0 Å². The molecule has 0 bridgehead atoms. The molecule has 2 aromatic rings. The molecular formula is C14H14BrNO2S. The quantitative estimate of drug-likeness (QED) is 0.905. The minimum atomic E-state index is -0.565. The first-order valence-electron chi connectivity index (χ1n) is 5.79. The van der Waals surface area contributed by atoms with E-state index in [4.69, 9.17) is 4.74 Å². The molecule has 1 heterocycles. The summed E-state index contributed by atoms with van der Waals surface area (Å²) in [7, 11) is 1.54. The Kier molecular flexibility index (Phi) is 5.13. The predicted molar refractivity (Wildman–Crippen MR) is 80.1 cm³/mol. The van der Waals surface area contributed by atoms with Crippen LogP contribution in [-0.4, -0.2) is 13.0 Å². The third-order valence-corrected chi connectivity index (χ3v) is 4.33. The molecule has 1 unspecified atom stereocenters. The maximum atomic E-state index is 12.1. The molecule has 3 nitrogen and oxygen atoms in total. The second-order valence-electron chi connectivity index (χ2n) is 3.98. The van der Waals surface area contributed by atoms with Crippen molar-refractivity contribution < 1.29 is 9.53 Å². The molecule has 1 atom stereocenters. The normalized spacial score (nSPS) is 12.1. The lowest BCUT2D eigenvalue weighted by Crippen LogP contribution is -2.29. The maximum absolute atomic E-state index is 12.1. The van der Waals surface area contributed by atoms with Gasteiger partial charge in [0.25, 0.3) is 5.91 Å². The van der Waals surface area contributed by atoms with Crippen LogP contribution < -0.4 is 5.32 Å². The Morgan fingerprint density at radius 1 is 1.42 bits per heavy atom. The first-order chi connectivity index (χ1) is 9.20. The van der Waals surface area contributed by atoms with E-state index < -0.39 is 6.10 Å². The summed E-state index contributed by atoms with van der Waals surface area (Å²) >= 11 is 5.00. The van der Waals surface area contributed by atoms with Gasteiger partial charge in [0.05, 0.1) is 6.54 Å². The first-order valence-corrected chi connectivity index (χ1v) is 7.46. The van der Waals surface area contributed by atoms with Gasteiger partial charge >= 0.3 is 0 Å². The molecule has 0 saturated heterocycles. The Balaban J connectivity index is 1.98. The van der Waals surface area contributed by atoms with Crippen LogP contribution in [0, 0.1) is 0 Å². The Labute approximate surface area is 124 Å².